The zero-order chi connectivity index (χ0) is 22.4. The second-order valence-corrected chi connectivity index (χ2v) is 8.75. The molecule has 2 aromatic heterocycles. The maximum Gasteiger partial charge on any atom is 0.255 e. The van der Waals surface area contributed by atoms with E-state index in [1.165, 1.54) is 25.0 Å². The largest absolute Gasteiger partial charge is 0.348 e. The van der Waals surface area contributed by atoms with Crippen molar-refractivity contribution in [2.75, 3.05) is 0 Å². The first-order valence-corrected chi connectivity index (χ1v) is 11.0. The fraction of sp³-hybridized carbons (Fsp3) is 0.320. The molecule has 1 aliphatic rings. The number of nitrogens with one attached hydrogen (secondary N) is 1. The van der Waals surface area contributed by atoms with Gasteiger partial charge in [-0.2, -0.15) is 5.10 Å². The number of imidazole rings is 1. The second kappa shape index (κ2) is 7.89. The smallest absolute Gasteiger partial charge is 0.255 e. The van der Waals surface area contributed by atoms with Crippen LogP contribution in [0.3, 0.4) is 0 Å². The molecule has 2 aromatic carbocycles. The van der Waals surface area contributed by atoms with E-state index in [0.717, 1.165) is 33.8 Å². The SMILES string of the molecule is Cc1nc2cc(CNC(=O)c3cnn(-c4ccc(F)cc4)c3C(C)C)ccc2n1C1CC1. The number of halogens is 1. The molecule has 0 unspecified atom stereocenters. The summed E-state index contributed by atoms with van der Waals surface area (Å²) in [6.45, 7) is 6.48. The number of benzene rings is 2. The van der Waals surface area contributed by atoms with Gasteiger partial charge in [0.15, 0.2) is 0 Å². The average molecular weight is 432 g/mol. The summed E-state index contributed by atoms with van der Waals surface area (Å²) in [6, 6.07) is 12.9. The van der Waals surface area contributed by atoms with Crippen molar-refractivity contribution in [2.24, 2.45) is 0 Å². The van der Waals surface area contributed by atoms with Gasteiger partial charge >= 0.3 is 0 Å². The molecule has 0 bridgehead atoms. The standard InChI is InChI=1S/C25H26FN5O/c1-15(2)24-21(14-28-31(24)20-7-5-18(26)6-8-20)25(32)27-13-17-4-11-23-22(12-17)29-16(3)30(23)19-9-10-19/h4-8,11-12,14-15,19H,9-10,13H2,1-3H3,(H,27,32). The summed E-state index contributed by atoms with van der Waals surface area (Å²) in [5, 5.41) is 7.43. The summed E-state index contributed by atoms with van der Waals surface area (Å²) in [5.41, 5.74) is 5.17. The number of hydrogen-bond donors (Lipinski definition) is 1. The van der Waals surface area contributed by atoms with E-state index in [0.29, 0.717) is 18.2 Å². The van der Waals surface area contributed by atoms with Gasteiger partial charge < -0.3 is 9.88 Å². The molecule has 0 spiro atoms. The third kappa shape index (κ3) is 3.68. The number of amides is 1. The maximum atomic E-state index is 13.3. The molecule has 32 heavy (non-hydrogen) atoms. The van der Waals surface area contributed by atoms with Gasteiger partial charge in [-0.15, -0.1) is 0 Å². The molecule has 4 aromatic rings. The minimum atomic E-state index is -0.306. The van der Waals surface area contributed by atoms with Crippen LogP contribution in [0.25, 0.3) is 16.7 Å². The fourth-order valence-corrected chi connectivity index (χ4v) is 4.32. The molecule has 1 fully saturated rings. The van der Waals surface area contributed by atoms with E-state index in [2.05, 4.69) is 21.0 Å². The molecule has 164 valence electrons. The molecular formula is C25H26FN5O. The normalized spacial score (nSPS) is 13.8. The predicted octanol–water partition coefficient (Wildman–Crippen LogP) is 5.06. The Morgan fingerprint density at radius 2 is 1.94 bits per heavy atom. The highest BCUT2D eigenvalue weighted by Gasteiger charge is 2.27. The lowest BCUT2D eigenvalue weighted by atomic mass is 10.0. The Hall–Kier alpha value is -3.48. The van der Waals surface area contributed by atoms with Crippen LogP contribution in [0.4, 0.5) is 4.39 Å². The monoisotopic (exact) mass is 431 g/mol. The molecule has 0 radical (unpaired) electrons. The van der Waals surface area contributed by atoms with Gasteiger partial charge in [0.2, 0.25) is 0 Å². The van der Waals surface area contributed by atoms with Gasteiger partial charge in [-0.3, -0.25) is 4.79 Å². The molecule has 2 heterocycles. The third-order valence-electron chi connectivity index (χ3n) is 5.96. The van der Waals surface area contributed by atoms with Crippen molar-refractivity contribution < 1.29 is 9.18 Å². The molecular weight excluding hydrogens is 405 g/mol. The van der Waals surface area contributed by atoms with Crippen LogP contribution >= 0.6 is 0 Å². The van der Waals surface area contributed by atoms with Gasteiger partial charge in [-0.05, 0) is 67.6 Å². The molecule has 1 aliphatic carbocycles. The zero-order valence-electron chi connectivity index (χ0n) is 18.5. The first-order valence-electron chi connectivity index (χ1n) is 11.0. The van der Waals surface area contributed by atoms with Gasteiger partial charge in [0.25, 0.3) is 5.91 Å². The van der Waals surface area contributed by atoms with Crippen molar-refractivity contribution in [2.45, 2.75) is 52.1 Å². The van der Waals surface area contributed by atoms with Crippen molar-refractivity contribution in [3.05, 3.63) is 77.1 Å². The Balaban J connectivity index is 1.36. The van der Waals surface area contributed by atoms with E-state index in [4.69, 9.17) is 4.98 Å². The lowest BCUT2D eigenvalue weighted by molar-refractivity contribution is 0.0949. The number of carbonyl (C=O) groups is 1. The number of aromatic nitrogens is 4. The highest BCUT2D eigenvalue weighted by molar-refractivity contribution is 5.95. The summed E-state index contributed by atoms with van der Waals surface area (Å²) in [7, 11) is 0. The maximum absolute atomic E-state index is 13.3. The van der Waals surface area contributed by atoms with Gasteiger partial charge in [-0.25, -0.2) is 14.1 Å². The van der Waals surface area contributed by atoms with Crippen molar-refractivity contribution in [1.82, 2.24) is 24.6 Å². The quantitative estimate of drug-likeness (QED) is 0.464. The number of nitrogens with zero attached hydrogens (tertiary/aromatic N) is 4. The minimum absolute atomic E-state index is 0.0639. The summed E-state index contributed by atoms with van der Waals surface area (Å²) in [4.78, 5) is 17.7. The minimum Gasteiger partial charge on any atom is -0.348 e. The molecule has 7 heteroatoms. The van der Waals surface area contributed by atoms with E-state index < -0.39 is 0 Å². The van der Waals surface area contributed by atoms with E-state index >= 15 is 0 Å². The van der Waals surface area contributed by atoms with Crippen molar-refractivity contribution in [1.29, 1.82) is 0 Å². The van der Waals surface area contributed by atoms with Crippen LogP contribution in [-0.2, 0) is 6.54 Å². The molecule has 5 rings (SSSR count). The Labute approximate surface area is 186 Å². The molecule has 6 nitrogen and oxygen atoms in total. The van der Waals surface area contributed by atoms with E-state index in [-0.39, 0.29) is 17.6 Å². The molecule has 0 saturated heterocycles. The summed E-state index contributed by atoms with van der Waals surface area (Å²) < 4.78 is 17.3. The Morgan fingerprint density at radius 3 is 2.62 bits per heavy atom. The zero-order valence-corrected chi connectivity index (χ0v) is 18.5. The van der Waals surface area contributed by atoms with Gasteiger partial charge in [-0.1, -0.05) is 19.9 Å². The van der Waals surface area contributed by atoms with Crippen molar-refractivity contribution in [3.63, 3.8) is 0 Å². The summed E-state index contributed by atoms with van der Waals surface area (Å²) >= 11 is 0. The highest BCUT2D eigenvalue weighted by Crippen LogP contribution is 2.38. The number of carbonyl (C=O) groups excluding carboxylic acids is 1. The number of hydrogen-bond acceptors (Lipinski definition) is 3. The van der Waals surface area contributed by atoms with Gasteiger partial charge in [0.1, 0.15) is 11.6 Å². The fourth-order valence-electron chi connectivity index (χ4n) is 4.32. The van der Waals surface area contributed by atoms with Gasteiger partial charge in [0, 0.05) is 12.6 Å². The van der Waals surface area contributed by atoms with Crippen LogP contribution in [0.2, 0.25) is 0 Å². The number of rotatable bonds is 6. The molecule has 0 atom stereocenters. The average Bonchev–Trinajstić information content (AvgIpc) is 3.40. The van der Waals surface area contributed by atoms with Crippen LogP contribution in [0, 0.1) is 12.7 Å². The molecule has 1 amide bonds. The Kier molecular flexibility index (Phi) is 5.04. The van der Waals surface area contributed by atoms with E-state index in [1.807, 2.05) is 32.9 Å². The number of aryl methyl sites for hydroxylation is 1. The van der Waals surface area contributed by atoms with Gasteiger partial charge in [0.05, 0.1) is 34.2 Å². The molecule has 1 saturated carbocycles. The first kappa shape index (κ1) is 20.4. The van der Waals surface area contributed by atoms with E-state index in [9.17, 15) is 9.18 Å². The Morgan fingerprint density at radius 1 is 1.19 bits per heavy atom. The third-order valence-corrected chi connectivity index (χ3v) is 5.96. The van der Waals surface area contributed by atoms with Crippen LogP contribution < -0.4 is 5.32 Å². The second-order valence-electron chi connectivity index (χ2n) is 8.75. The Bertz CT molecular complexity index is 1300. The molecule has 0 aliphatic heterocycles. The van der Waals surface area contributed by atoms with Crippen LogP contribution in [-0.4, -0.2) is 25.2 Å². The topological polar surface area (TPSA) is 64.7 Å². The molecule has 1 N–H and O–H groups in total. The van der Waals surface area contributed by atoms with Crippen molar-refractivity contribution in [3.8, 4) is 5.69 Å². The van der Waals surface area contributed by atoms with Crippen LogP contribution in [0.5, 0.6) is 0 Å². The van der Waals surface area contributed by atoms with Crippen LogP contribution in [0.15, 0.2) is 48.7 Å². The number of fused-ring (bicyclic) bond motifs is 1. The van der Waals surface area contributed by atoms with E-state index in [1.54, 1.807) is 23.0 Å². The van der Waals surface area contributed by atoms with Crippen molar-refractivity contribution >= 4 is 16.9 Å². The summed E-state index contributed by atoms with van der Waals surface area (Å²) in [6.07, 6.45) is 4.01. The predicted molar refractivity (Wildman–Crippen MR) is 122 cm³/mol. The van der Waals surface area contributed by atoms with Crippen LogP contribution in [0.1, 0.15) is 66.1 Å². The lowest BCUT2D eigenvalue weighted by Gasteiger charge is -2.13. The highest BCUT2D eigenvalue weighted by atomic mass is 19.1. The first-order chi connectivity index (χ1) is 15.4. The summed E-state index contributed by atoms with van der Waals surface area (Å²) in [5.74, 6) is 0.619. The lowest BCUT2D eigenvalue weighted by Crippen LogP contribution is -2.24.